The summed E-state index contributed by atoms with van der Waals surface area (Å²) in [5.41, 5.74) is -0.646. The molecule has 1 saturated heterocycles. The van der Waals surface area contributed by atoms with Crippen molar-refractivity contribution in [3.05, 3.63) is 34.2 Å². The molecule has 1 aliphatic rings. The Morgan fingerprint density at radius 2 is 2.00 bits per heavy atom. The number of hydrogen-bond acceptors (Lipinski definition) is 11. The van der Waals surface area contributed by atoms with Gasteiger partial charge in [0.15, 0.2) is 6.23 Å². The predicted molar refractivity (Wildman–Crippen MR) is 150 cm³/mol. The summed E-state index contributed by atoms with van der Waals surface area (Å²) in [5.74, 6) is -0.235. The molecule has 1 aromatic heterocycles. The molecule has 1 amide bonds. The first kappa shape index (κ1) is 34.7. The second-order valence-corrected chi connectivity index (χ2v) is 11.0. The summed E-state index contributed by atoms with van der Waals surface area (Å²) in [6, 6.07) is 3.64. The SMILES string of the molecule is [C-]#[N+]CCOP(O[C@@H]1C(OCOCOCCC#N)[C@H](n2ccc(NC(C)=O)nc2=O)O[C@@H]1CC)N(C(C)C)C(C)C. The van der Waals surface area contributed by atoms with E-state index in [-0.39, 0.29) is 63.6 Å². The number of amides is 1. The third-order valence-electron chi connectivity index (χ3n) is 5.83. The van der Waals surface area contributed by atoms with Crippen molar-refractivity contribution in [1.82, 2.24) is 14.2 Å². The molecule has 228 valence electrons. The van der Waals surface area contributed by atoms with Gasteiger partial charge >= 0.3 is 5.69 Å². The van der Waals surface area contributed by atoms with E-state index in [1.807, 2.05) is 40.7 Å². The fourth-order valence-corrected chi connectivity index (χ4v) is 5.97. The maximum atomic E-state index is 13.0. The van der Waals surface area contributed by atoms with E-state index in [2.05, 4.69) is 19.8 Å². The summed E-state index contributed by atoms with van der Waals surface area (Å²) in [4.78, 5) is 31.8. The van der Waals surface area contributed by atoms with Crippen molar-refractivity contribution in [2.24, 2.45) is 0 Å². The zero-order valence-electron chi connectivity index (χ0n) is 24.5. The molecule has 2 rings (SSSR count). The summed E-state index contributed by atoms with van der Waals surface area (Å²) >= 11 is 0. The van der Waals surface area contributed by atoms with Gasteiger partial charge in [-0.3, -0.25) is 9.36 Å². The van der Waals surface area contributed by atoms with E-state index in [1.165, 1.54) is 23.8 Å². The fourth-order valence-electron chi connectivity index (χ4n) is 4.21. The van der Waals surface area contributed by atoms with Crippen LogP contribution in [-0.2, 0) is 32.8 Å². The molecule has 1 N–H and O–H groups in total. The zero-order valence-corrected chi connectivity index (χ0v) is 25.4. The topological polar surface area (TPSA) is 151 Å². The summed E-state index contributed by atoms with van der Waals surface area (Å²) < 4.78 is 39.3. The average Bonchev–Trinajstić information content (AvgIpc) is 3.24. The number of ether oxygens (including phenoxy) is 4. The molecule has 5 atom stereocenters. The molecule has 0 spiro atoms. The van der Waals surface area contributed by atoms with Gasteiger partial charge in [0, 0.05) is 25.2 Å². The van der Waals surface area contributed by atoms with Crippen molar-refractivity contribution in [1.29, 1.82) is 5.26 Å². The molecule has 0 saturated carbocycles. The van der Waals surface area contributed by atoms with Gasteiger partial charge in [0.1, 0.15) is 38.2 Å². The van der Waals surface area contributed by atoms with Crippen LogP contribution in [0.25, 0.3) is 4.85 Å². The lowest BCUT2D eigenvalue weighted by Crippen LogP contribution is -2.41. The van der Waals surface area contributed by atoms with Crippen molar-refractivity contribution in [3.63, 3.8) is 0 Å². The third kappa shape index (κ3) is 10.7. The lowest BCUT2D eigenvalue weighted by atomic mass is 10.1. The van der Waals surface area contributed by atoms with Crippen LogP contribution in [0.1, 0.15) is 60.6 Å². The maximum absolute atomic E-state index is 13.0. The van der Waals surface area contributed by atoms with E-state index in [0.717, 1.165) is 0 Å². The second-order valence-electron chi connectivity index (χ2n) is 9.63. The number of rotatable bonds is 18. The highest BCUT2D eigenvalue weighted by molar-refractivity contribution is 7.44. The Balaban J connectivity index is 2.38. The number of aromatic nitrogens is 2. The monoisotopic (exact) mass is 596 g/mol. The van der Waals surface area contributed by atoms with Gasteiger partial charge in [-0.25, -0.2) is 16.0 Å². The maximum Gasteiger partial charge on any atom is 0.351 e. The Morgan fingerprint density at radius 3 is 2.59 bits per heavy atom. The molecular formula is C26H41N6O8P. The van der Waals surface area contributed by atoms with Crippen molar-refractivity contribution in [2.75, 3.05) is 38.7 Å². The largest absolute Gasteiger partial charge is 0.354 e. The molecule has 0 aliphatic carbocycles. The van der Waals surface area contributed by atoms with Crippen molar-refractivity contribution >= 4 is 20.3 Å². The number of carbonyl (C=O) groups excluding carboxylic acids is 1. The first-order chi connectivity index (χ1) is 19.6. The van der Waals surface area contributed by atoms with Crippen LogP contribution >= 0.6 is 8.53 Å². The zero-order chi connectivity index (χ0) is 30.4. The van der Waals surface area contributed by atoms with Gasteiger partial charge in [0.25, 0.3) is 8.53 Å². The minimum absolute atomic E-state index is 0.0775. The summed E-state index contributed by atoms with van der Waals surface area (Å²) in [7, 11) is -1.64. The van der Waals surface area contributed by atoms with Crippen LogP contribution in [-0.4, -0.2) is 83.9 Å². The van der Waals surface area contributed by atoms with Crippen LogP contribution in [0.2, 0.25) is 0 Å². The summed E-state index contributed by atoms with van der Waals surface area (Å²) in [6.45, 7) is 18.9. The Hall–Kier alpha value is -2.52. The molecule has 0 bridgehead atoms. The van der Waals surface area contributed by atoms with E-state index in [4.69, 9.17) is 39.8 Å². The van der Waals surface area contributed by atoms with E-state index in [1.54, 1.807) is 0 Å². The molecule has 15 heteroatoms. The van der Waals surface area contributed by atoms with Crippen LogP contribution in [0.3, 0.4) is 0 Å². The molecule has 2 heterocycles. The normalized spacial score (nSPS) is 21.2. The van der Waals surface area contributed by atoms with E-state index in [0.29, 0.717) is 6.42 Å². The minimum Gasteiger partial charge on any atom is -0.354 e. The van der Waals surface area contributed by atoms with Gasteiger partial charge < -0.3 is 38.2 Å². The lowest BCUT2D eigenvalue weighted by Gasteiger charge is -2.38. The van der Waals surface area contributed by atoms with Crippen LogP contribution in [0.5, 0.6) is 0 Å². The highest BCUT2D eigenvalue weighted by atomic mass is 31.2. The first-order valence-corrected chi connectivity index (χ1v) is 14.6. The quantitative estimate of drug-likeness (QED) is 0.115. The number of nitriles is 1. The molecule has 14 nitrogen and oxygen atoms in total. The number of nitrogens with one attached hydrogen (secondary N) is 1. The summed E-state index contributed by atoms with van der Waals surface area (Å²) in [5, 5.41) is 11.1. The van der Waals surface area contributed by atoms with Gasteiger partial charge in [-0.05, 0) is 40.2 Å². The van der Waals surface area contributed by atoms with Crippen molar-refractivity contribution < 1.29 is 32.8 Å². The molecule has 1 fully saturated rings. The molecular weight excluding hydrogens is 555 g/mol. The third-order valence-corrected chi connectivity index (χ3v) is 7.96. The molecule has 0 radical (unpaired) electrons. The number of carbonyl (C=O) groups is 1. The number of hydrogen-bond donors (Lipinski definition) is 1. The Morgan fingerprint density at radius 1 is 1.27 bits per heavy atom. The smallest absolute Gasteiger partial charge is 0.351 e. The van der Waals surface area contributed by atoms with E-state index in [9.17, 15) is 9.59 Å². The van der Waals surface area contributed by atoms with E-state index >= 15 is 0 Å². The second kappa shape index (κ2) is 18.1. The Bertz CT molecular complexity index is 1080. The number of anilines is 1. The molecule has 1 aliphatic heterocycles. The van der Waals surface area contributed by atoms with Gasteiger partial charge in [0.05, 0.1) is 25.2 Å². The van der Waals surface area contributed by atoms with Gasteiger partial charge in [-0.1, -0.05) is 6.92 Å². The summed E-state index contributed by atoms with van der Waals surface area (Å²) in [6.07, 6.45) is -0.637. The Kier molecular flexibility index (Phi) is 15.3. The average molecular weight is 597 g/mol. The van der Waals surface area contributed by atoms with Gasteiger partial charge in [0.2, 0.25) is 12.5 Å². The van der Waals surface area contributed by atoms with Crippen LogP contribution in [0, 0.1) is 17.9 Å². The minimum atomic E-state index is -1.64. The van der Waals surface area contributed by atoms with Gasteiger partial charge in [-0.2, -0.15) is 10.2 Å². The van der Waals surface area contributed by atoms with Crippen molar-refractivity contribution in [2.45, 2.75) is 91.0 Å². The molecule has 0 aromatic carbocycles. The number of nitrogens with zero attached hydrogens (tertiary/aromatic N) is 5. The van der Waals surface area contributed by atoms with Crippen LogP contribution in [0.4, 0.5) is 5.82 Å². The standard InChI is InChI=1S/C26H41N6O8P/c1-8-21-23(40-41(38-15-12-28-7)32(18(2)3)19(4)5)24(37-17-36-16-35-14-9-11-27)25(39-21)31-13-10-22(29-20(6)33)30-26(31)34/h10,13,18-19,21,23-25H,8-9,12,14-17H2,1-6H3,(H,29,30,33,34)/t21-,23+,24?,25-,41?/m1/s1. The predicted octanol–water partition coefficient (Wildman–Crippen LogP) is 3.42. The van der Waals surface area contributed by atoms with Crippen LogP contribution < -0.4 is 11.0 Å². The fraction of sp³-hybridized carbons (Fsp3) is 0.731. The highest BCUT2D eigenvalue weighted by Gasteiger charge is 2.49. The van der Waals surface area contributed by atoms with E-state index < -0.39 is 38.8 Å². The highest BCUT2D eigenvalue weighted by Crippen LogP contribution is 2.50. The van der Waals surface area contributed by atoms with Gasteiger partial charge in [-0.15, -0.1) is 0 Å². The Labute approximate surface area is 242 Å². The molecule has 2 unspecified atom stereocenters. The van der Waals surface area contributed by atoms with Crippen molar-refractivity contribution in [3.8, 4) is 6.07 Å². The van der Waals surface area contributed by atoms with Crippen LogP contribution in [0.15, 0.2) is 17.1 Å². The first-order valence-electron chi connectivity index (χ1n) is 13.5. The molecule has 41 heavy (non-hydrogen) atoms. The lowest BCUT2D eigenvalue weighted by molar-refractivity contribution is -0.174. The molecule has 1 aromatic rings.